The Morgan fingerprint density at radius 3 is 2.63 bits per heavy atom. The normalized spacial score (nSPS) is 12.0. The van der Waals surface area contributed by atoms with Gasteiger partial charge in [-0.2, -0.15) is 0 Å². The van der Waals surface area contributed by atoms with Crippen molar-refractivity contribution in [2.24, 2.45) is 0 Å². The lowest BCUT2D eigenvalue weighted by Gasteiger charge is -2.13. The van der Waals surface area contributed by atoms with Crippen molar-refractivity contribution in [3.8, 4) is 5.88 Å². The number of aromatic nitrogens is 1. The molecule has 2 N–H and O–H groups in total. The molecule has 1 aromatic heterocycles. The molecule has 0 unspecified atom stereocenters. The number of pyridine rings is 1. The van der Waals surface area contributed by atoms with Crippen molar-refractivity contribution in [3.63, 3.8) is 0 Å². The number of hydrogen-bond acceptors (Lipinski definition) is 4. The molecule has 1 heterocycles. The van der Waals surface area contributed by atoms with Crippen molar-refractivity contribution in [1.82, 2.24) is 10.3 Å². The SMILES string of the molecule is CC[C@@H](NC(=O)c1cccc(OC(C)C)n1)C(=O)O. The van der Waals surface area contributed by atoms with Gasteiger partial charge in [-0.15, -0.1) is 0 Å². The van der Waals surface area contributed by atoms with E-state index < -0.39 is 17.9 Å². The number of ether oxygens (including phenoxy) is 1. The van der Waals surface area contributed by atoms with Crippen LogP contribution in [0.2, 0.25) is 0 Å². The average Bonchev–Trinajstić information content (AvgIpc) is 2.34. The Bertz CT molecular complexity index is 460. The van der Waals surface area contributed by atoms with Crippen LogP contribution in [0.4, 0.5) is 0 Å². The molecule has 104 valence electrons. The second kappa shape index (κ2) is 6.72. The summed E-state index contributed by atoms with van der Waals surface area (Å²) in [7, 11) is 0. The van der Waals surface area contributed by atoms with Gasteiger partial charge in [0.2, 0.25) is 5.88 Å². The van der Waals surface area contributed by atoms with Gasteiger partial charge in [-0.05, 0) is 26.3 Å². The summed E-state index contributed by atoms with van der Waals surface area (Å²) in [5.41, 5.74) is 0.137. The Morgan fingerprint density at radius 1 is 1.42 bits per heavy atom. The topological polar surface area (TPSA) is 88.5 Å². The van der Waals surface area contributed by atoms with Crippen molar-refractivity contribution in [2.45, 2.75) is 39.3 Å². The number of carbonyl (C=O) groups excluding carboxylic acids is 1. The van der Waals surface area contributed by atoms with Crippen LogP contribution in [-0.4, -0.2) is 34.1 Å². The molecule has 1 aromatic rings. The molecule has 0 fully saturated rings. The number of nitrogens with zero attached hydrogens (tertiary/aromatic N) is 1. The van der Waals surface area contributed by atoms with Crippen molar-refractivity contribution in [2.75, 3.05) is 0 Å². The highest BCUT2D eigenvalue weighted by atomic mass is 16.5. The molecule has 1 atom stereocenters. The summed E-state index contributed by atoms with van der Waals surface area (Å²) < 4.78 is 5.38. The molecular formula is C13H18N2O4. The third-order valence-electron chi connectivity index (χ3n) is 2.32. The van der Waals surface area contributed by atoms with Crippen LogP contribution >= 0.6 is 0 Å². The van der Waals surface area contributed by atoms with Crippen LogP contribution in [0.1, 0.15) is 37.7 Å². The van der Waals surface area contributed by atoms with Crippen LogP contribution in [0.25, 0.3) is 0 Å². The third-order valence-corrected chi connectivity index (χ3v) is 2.32. The molecule has 6 nitrogen and oxygen atoms in total. The highest BCUT2D eigenvalue weighted by Crippen LogP contribution is 2.10. The Morgan fingerprint density at radius 2 is 2.11 bits per heavy atom. The van der Waals surface area contributed by atoms with Crippen LogP contribution in [0.3, 0.4) is 0 Å². The number of nitrogens with one attached hydrogen (secondary N) is 1. The lowest BCUT2D eigenvalue weighted by atomic mass is 10.2. The van der Waals surface area contributed by atoms with Crippen molar-refractivity contribution < 1.29 is 19.4 Å². The van der Waals surface area contributed by atoms with Crippen LogP contribution in [-0.2, 0) is 4.79 Å². The first-order valence-electron chi connectivity index (χ1n) is 6.11. The van der Waals surface area contributed by atoms with Crippen LogP contribution in [0.5, 0.6) is 5.88 Å². The fraction of sp³-hybridized carbons (Fsp3) is 0.462. The minimum atomic E-state index is -1.06. The fourth-order valence-corrected chi connectivity index (χ4v) is 1.42. The molecule has 6 heteroatoms. The van der Waals surface area contributed by atoms with E-state index >= 15 is 0 Å². The zero-order chi connectivity index (χ0) is 14.4. The summed E-state index contributed by atoms with van der Waals surface area (Å²) in [6, 6.07) is 3.88. The predicted octanol–water partition coefficient (Wildman–Crippen LogP) is 1.46. The predicted molar refractivity (Wildman–Crippen MR) is 69.2 cm³/mol. The molecule has 1 rings (SSSR count). The van der Waals surface area contributed by atoms with Gasteiger partial charge < -0.3 is 15.2 Å². The Labute approximate surface area is 111 Å². The zero-order valence-corrected chi connectivity index (χ0v) is 11.2. The van der Waals surface area contributed by atoms with E-state index in [2.05, 4.69) is 10.3 Å². The molecule has 0 bridgehead atoms. The molecule has 0 saturated carbocycles. The highest BCUT2D eigenvalue weighted by molar-refractivity contribution is 5.95. The van der Waals surface area contributed by atoms with Gasteiger partial charge in [0.05, 0.1) is 6.10 Å². The Hall–Kier alpha value is -2.11. The van der Waals surface area contributed by atoms with E-state index in [1.165, 1.54) is 6.07 Å². The molecule has 0 aliphatic heterocycles. The van der Waals surface area contributed by atoms with Gasteiger partial charge in [0.1, 0.15) is 11.7 Å². The van der Waals surface area contributed by atoms with Crippen LogP contribution in [0.15, 0.2) is 18.2 Å². The largest absolute Gasteiger partial charge is 0.480 e. The summed E-state index contributed by atoms with van der Waals surface area (Å²) >= 11 is 0. The molecule has 0 aliphatic carbocycles. The van der Waals surface area contributed by atoms with Gasteiger partial charge >= 0.3 is 5.97 Å². The molecule has 0 aromatic carbocycles. The smallest absolute Gasteiger partial charge is 0.326 e. The summed E-state index contributed by atoms with van der Waals surface area (Å²) in [5.74, 6) is -1.25. The number of carboxylic acid groups (broad SMARTS) is 1. The van der Waals surface area contributed by atoms with E-state index in [9.17, 15) is 9.59 Å². The zero-order valence-electron chi connectivity index (χ0n) is 11.2. The molecular weight excluding hydrogens is 248 g/mol. The van der Waals surface area contributed by atoms with Crippen LogP contribution in [0, 0.1) is 0 Å². The van der Waals surface area contributed by atoms with Crippen molar-refractivity contribution in [1.29, 1.82) is 0 Å². The first-order valence-corrected chi connectivity index (χ1v) is 6.11. The van der Waals surface area contributed by atoms with Crippen LogP contribution < -0.4 is 10.1 Å². The van der Waals surface area contributed by atoms with Gasteiger partial charge in [-0.1, -0.05) is 13.0 Å². The Balaban J connectivity index is 2.79. The number of amides is 1. The quantitative estimate of drug-likeness (QED) is 0.813. The number of hydrogen-bond donors (Lipinski definition) is 2. The van der Waals surface area contributed by atoms with Crippen molar-refractivity contribution >= 4 is 11.9 Å². The summed E-state index contributed by atoms with van der Waals surface area (Å²) in [4.78, 5) is 26.7. The second-order valence-electron chi connectivity index (χ2n) is 4.30. The maximum atomic E-state index is 11.9. The van der Waals surface area contributed by atoms with E-state index in [1.807, 2.05) is 13.8 Å². The van der Waals surface area contributed by atoms with E-state index in [0.717, 1.165) is 0 Å². The summed E-state index contributed by atoms with van der Waals surface area (Å²) in [6.07, 6.45) is 0.261. The number of carbonyl (C=O) groups is 2. The lowest BCUT2D eigenvalue weighted by Crippen LogP contribution is -2.40. The first kappa shape index (κ1) is 14.9. The fourth-order valence-electron chi connectivity index (χ4n) is 1.42. The molecule has 19 heavy (non-hydrogen) atoms. The van der Waals surface area contributed by atoms with E-state index in [0.29, 0.717) is 12.3 Å². The minimum absolute atomic E-state index is 0.0479. The monoisotopic (exact) mass is 266 g/mol. The Kier molecular flexibility index (Phi) is 5.29. The summed E-state index contributed by atoms with van der Waals surface area (Å²) in [5, 5.41) is 11.3. The molecule has 0 aliphatic rings. The second-order valence-corrected chi connectivity index (χ2v) is 4.30. The number of aliphatic carboxylic acids is 1. The third kappa shape index (κ3) is 4.57. The first-order chi connectivity index (χ1) is 8.93. The summed E-state index contributed by atoms with van der Waals surface area (Å²) in [6.45, 7) is 5.39. The van der Waals surface area contributed by atoms with Crippen molar-refractivity contribution in [3.05, 3.63) is 23.9 Å². The lowest BCUT2D eigenvalue weighted by molar-refractivity contribution is -0.139. The number of rotatable bonds is 6. The minimum Gasteiger partial charge on any atom is -0.480 e. The van der Waals surface area contributed by atoms with E-state index in [1.54, 1.807) is 19.1 Å². The van der Waals surface area contributed by atoms with Gasteiger partial charge in [-0.3, -0.25) is 4.79 Å². The maximum absolute atomic E-state index is 11.9. The number of carboxylic acids is 1. The van der Waals surface area contributed by atoms with Gasteiger partial charge in [0.25, 0.3) is 5.91 Å². The average molecular weight is 266 g/mol. The maximum Gasteiger partial charge on any atom is 0.326 e. The van der Waals surface area contributed by atoms with E-state index in [4.69, 9.17) is 9.84 Å². The van der Waals surface area contributed by atoms with Gasteiger partial charge in [-0.25, -0.2) is 9.78 Å². The molecule has 0 radical (unpaired) electrons. The van der Waals surface area contributed by atoms with Gasteiger partial charge in [0, 0.05) is 6.07 Å². The van der Waals surface area contributed by atoms with Gasteiger partial charge in [0.15, 0.2) is 0 Å². The molecule has 0 spiro atoms. The highest BCUT2D eigenvalue weighted by Gasteiger charge is 2.19. The standard InChI is InChI=1S/C13H18N2O4/c1-4-9(13(17)18)15-12(16)10-6-5-7-11(14-10)19-8(2)3/h5-9H,4H2,1-3H3,(H,15,16)(H,17,18)/t9-/m1/s1. The van der Waals surface area contributed by atoms with E-state index in [-0.39, 0.29) is 11.8 Å². The molecule has 0 saturated heterocycles. The molecule has 1 amide bonds.